The van der Waals surface area contributed by atoms with Gasteiger partial charge in [0, 0.05) is 29.3 Å². The summed E-state index contributed by atoms with van der Waals surface area (Å²) in [6, 6.07) is 17.0. The summed E-state index contributed by atoms with van der Waals surface area (Å²) >= 11 is 0. The van der Waals surface area contributed by atoms with Crippen LogP contribution in [0.1, 0.15) is 21.5 Å². The molecule has 1 aromatic carbocycles. The molecule has 2 aromatic heterocycles. The average Bonchev–Trinajstić information content (AvgIpc) is 2.64. The highest BCUT2D eigenvalue weighted by atomic mass is 16.7. The first-order valence-corrected chi connectivity index (χ1v) is 7.89. The number of oxime groups is 1. The second-order valence-corrected chi connectivity index (χ2v) is 5.70. The van der Waals surface area contributed by atoms with Gasteiger partial charge in [-0.15, -0.1) is 0 Å². The van der Waals surface area contributed by atoms with E-state index in [-0.39, 0.29) is 0 Å². The smallest absolute Gasteiger partial charge is 0.312 e. The lowest BCUT2D eigenvalue weighted by molar-refractivity contribution is -0.671. The van der Waals surface area contributed by atoms with Crippen LogP contribution in [0.2, 0.25) is 0 Å². The number of carbonyl (C=O) groups is 1. The van der Waals surface area contributed by atoms with Gasteiger partial charge in [-0.25, -0.2) is 13.9 Å². The minimum atomic E-state index is -0.494. The molecule has 0 spiro atoms. The number of hydrogen-bond acceptors (Lipinski definition) is 3. The molecule has 0 unspecified atom stereocenters. The highest BCUT2D eigenvalue weighted by Crippen LogP contribution is 2.11. The van der Waals surface area contributed by atoms with E-state index in [1.165, 1.54) is 0 Å². The maximum Gasteiger partial charge on any atom is 0.371 e. The third-order valence-electron chi connectivity index (χ3n) is 3.69. The summed E-state index contributed by atoms with van der Waals surface area (Å²) in [5, 5.41) is 4.15. The van der Waals surface area contributed by atoms with Gasteiger partial charge in [-0.2, -0.15) is 0 Å². The highest BCUT2D eigenvalue weighted by molar-refractivity contribution is 6.12. The molecule has 3 rings (SSSR count). The van der Waals surface area contributed by atoms with Crippen LogP contribution in [0.15, 0.2) is 84.5 Å². The van der Waals surface area contributed by atoms with Crippen molar-refractivity contribution in [2.45, 2.75) is 0 Å². The van der Waals surface area contributed by atoms with Crippen LogP contribution in [0.25, 0.3) is 0 Å². The zero-order valence-electron chi connectivity index (χ0n) is 14.2. The molecule has 25 heavy (non-hydrogen) atoms. The van der Waals surface area contributed by atoms with Crippen molar-refractivity contribution in [3.63, 3.8) is 0 Å². The van der Waals surface area contributed by atoms with Crippen LogP contribution >= 0.6 is 0 Å². The topological polar surface area (TPSA) is 46.4 Å². The molecule has 3 aromatic rings. The highest BCUT2D eigenvalue weighted by Gasteiger charge is 2.14. The molecular formula is C20H19N3O2+2. The van der Waals surface area contributed by atoms with Crippen molar-refractivity contribution in [3.8, 4) is 0 Å². The average molecular weight is 333 g/mol. The number of nitrogens with zero attached hydrogens (tertiary/aromatic N) is 3. The van der Waals surface area contributed by atoms with Crippen molar-refractivity contribution >= 4 is 11.7 Å². The monoisotopic (exact) mass is 333 g/mol. The number of hydrogen-bond donors (Lipinski definition) is 0. The zero-order valence-corrected chi connectivity index (χ0v) is 14.2. The van der Waals surface area contributed by atoms with Gasteiger partial charge in [0.15, 0.2) is 24.8 Å². The lowest BCUT2D eigenvalue weighted by Gasteiger charge is -2.06. The Morgan fingerprint density at radius 3 is 2.12 bits per heavy atom. The number of carbonyl (C=O) groups excluding carboxylic acids is 1. The Balaban J connectivity index is 1.93. The first-order chi connectivity index (χ1) is 12.1. The summed E-state index contributed by atoms with van der Waals surface area (Å²) < 4.78 is 3.72. The molecule has 0 atom stereocenters. The minimum absolute atomic E-state index is 0.445. The fraction of sp³-hybridized carbons (Fsp3) is 0.100. The fourth-order valence-electron chi connectivity index (χ4n) is 2.38. The molecule has 5 nitrogen and oxygen atoms in total. The van der Waals surface area contributed by atoms with Gasteiger partial charge in [-0.05, 0) is 6.07 Å². The van der Waals surface area contributed by atoms with E-state index in [1.54, 1.807) is 22.9 Å². The summed E-state index contributed by atoms with van der Waals surface area (Å²) in [6.07, 6.45) is 7.39. The van der Waals surface area contributed by atoms with Gasteiger partial charge in [0.1, 0.15) is 25.4 Å². The molecule has 0 saturated heterocycles. The third-order valence-corrected chi connectivity index (χ3v) is 3.69. The van der Waals surface area contributed by atoms with Gasteiger partial charge < -0.3 is 4.84 Å². The van der Waals surface area contributed by atoms with Crippen molar-refractivity contribution in [1.82, 2.24) is 0 Å². The summed E-state index contributed by atoms with van der Waals surface area (Å²) in [4.78, 5) is 17.5. The normalized spacial score (nSPS) is 11.2. The summed E-state index contributed by atoms with van der Waals surface area (Å²) in [5.74, 6) is -0.494. The second-order valence-electron chi connectivity index (χ2n) is 5.70. The summed E-state index contributed by atoms with van der Waals surface area (Å²) in [5.41, 5.74) is 2.80. The Morgan fingerprint density at radius 1 is 0.800 bits per heavy atom. The Bertz CT molecular complexity index is 904. The van der Waals surface area contributed by atoms with Gasteiger partial charge >= 0.3 is 5.97 Å². The minimum Gasteiger partial charge on any atom is -0.312 e. The number of aryl methyl sites for hydroxylation is 2. The van der Waals surface area contributed by atoms with Gasteiger partial charge in [0.05, 0.1) is 0 Å². The van der Waals surface area contributed by atoms with Crippen LogP contribution in [0.5, 0.6) is 0 Å². The van der Waals surface area contributed by atoms with E-state index in [1.807, 2.05) is 79.7 Å². The molecule has 0 N–H and O–H groups in total. The van der Waals surface area contributed by atoms with Gasteiger partial charge in [0.2, 0.25) is 0 Å². The molecule has 0 amide bonds. The van der Waals surface area contributed by atoms with Gasteiger partial charge in [-0.3, -0.25) is 0 Å². The van der Waals surface area contributed by atoms with Crippen molar-refractivity contribution in [2.75, 3.05) is 0 Å². The van der Waals surface area contributed by atoms with Crippen LogP contribution in [0.4, 0.5) is 0 Å². The van der Waals surface area contributed by atoms with E-state index in [0.717, 1.165) is 11.1 Å². The summed E-state index contributed by atoms with van der Waals surface area (Å²) in [7, 11) is 3.79. The number of pyridine rings is 2. The molecule has 0 fully saturated rings. The number of aromatic nitrogens is 2. The van der Waals surface area contributed by atoms with Crippen LogP contribution < -0.4 is 9.13 Å². The van der Waals surface area contributed by atoms with Crippen molar-refractivity contribution in [1.29, 1.82) is 0 Å². The maximum atomic E-state index is 12.3. The van der Waals surface area contributed by atoms with Crippen LogP contribution in [0, 0.1) is 0 Å². The largest absolute Gasteiger partial charge is 0.371 e. The molecule has 5 heteroatoms. The fourth-order valence-corrected chi connectivity index (χ4v) is 2.38. The van der Waals surface area contributed by atoms with Crippen LogP contribution in [-0.2, 0) is 18.9 Å². The second kappa shape index (κ2) is 7.49. The Kier molecular flexibility index (Phi) is 4.95. The van der Waals surface area contributed by atoms with Gasteiger partial charge in [0.25, 0.3) is 0 Å². The maximum absolute atomic E-state index is 12.3. The van der Waals surface area contributed by atoms with Gasteiger partial charge in [-0.1, -0.05) is 35.5 Å². The molecule has 2 heterocycles. The van der Waals surface area contributed by atoms with Crippen molar-refractivity contribution in [2.24, 2.45) is 19.3 Å². The van der Waals surface area contributed by atoms with E-state index in [0.29, 0.717) is 11.3 Å². The quantitative estimate of drug-likeness (QED) is 0.317. The van der Waals surface area contributed by atoms with E-state index in [9.17, 15) is 4.79 Å². The zero-order chi connectivity index (χ0) is 17.6. The predicted octanol–water partition coefficient (Wildman–Crippen LogP) is 1.94. The Morgan fingerprint density at radius 2 is 1.44 bits per heavy atom. The van der Waals surface area contributed by atoms with E-state index < -0.39 is 5.97 Å². The predicted molar refractivity (Wildman–Crippen MR) is 92.7 cm³/mol. The van der Waals surface area contributed by atoms with E-state index in [4.69, 9.17) is 4.84 Å². The third kappa shape index (κ3) is 4.14. The molecule has 0 saturated carbocycles. The molecule has 0 aliphatic heterocycles. The first kappa shape index (κ1) is 16.5. The van der Waals surface area contributed by atoms with E-state index in [2.05, 4.69) is 5.16 Å². The number of benzene rings is 1. The standard InChI is InChI=1S/C20H19N3O2/c1-22-13-10-17(11-14-22)19(16-7-4-3-5-8-16)21-25-20(24)18-9-6-12-23(2)15-18/h3-15H,1-2H3/q+2. The molecule has 0 radical (unpaired) electrons. The molecule has 0 aliphatic rings. The van der Waals surface area contributed by atoms with Crippen molar-refractivity contribution in [3.05, 3.63) is 96.1 Å². The summed E-state index contributed by atoms with van der Waals surface area (Å²) in [6.45, 7) is 0. The molecule has 0 bridgehead atoms. The van der Waals surface area contributed by atoms with E-state index >= 15 is 0 Å². The SMILES string of the molecule is C[n+]1ccc(C(=NOC(=O)c2ccc[n+](C)c2)c2ccccc2)cc1. The molecule has 124 valence electrons. The molecule has 0 aliphatic carbocycles. The Hall–Kier alpha value is -3.34. The van der Waals surface area contributed by atoms with Crippen LogP contribution in [0.3, 0.4) is 0 Å². The molecular weight excluding hydrogens is 314 g/mol. The lowest BCUT2D eigenvalue weighted by Crippen LogP contribution is -2.28. The first-order valence-electron chi connectivity index (χ1n) is 7.89. The number of rotatable bonds is 4. The van der Waals surface area contributed by atoms with Crippen LogP contribution in [-0.4, -0.2) is 11.7 Å². The van der Waals surface area contributed by atoms with Crippen molar-refractivity contribution < 1.29 is 18.8 Å². The lowest BCUT2D eigenvalue weighted by atomic mass is 10.0. The Labute approximate surface area is 146 Å².